The summed E-state index contributed by atoms with van der Waals surface area (Å²) in [6.45, 7) is 6.75. The van der Waals surface area contributed by atoms with Crippen LogP contribution < -0.4 is 16.0 Å². The molecular formula is C23H29N3O2. The average molecular weight is 380 g/mol. The van der Waals surface area contributed by atoms with Crippen molar-refractivity contribution in [2.75, 3.05) is 5.32 Å². The monoisotopic (exact) mass is 379 g/mol. The Morgan fingerprint density at radius 1 is 1.11 bits per heavy atom. The highest BCUT2D eigenvalue weighted by Gasteiger charge is 2.28. The molecule has 0 unspecified atom stereocenters. The van der Waals surface area contributed by atoms with Crippen molar-refractivity contribution >= 4 is 17.5 Å². The molecule has 5 nitrogen and oxygen atoms in total. The number of aryl methyl sites for hydroxylation is 1. The average Bonchev–Trinajstić information content (AvgIpc) is 2.66. The van der Waals surface area contributed by atoms with Crippen LogP contribution in [-0.4, -0.2) is 23.9 Å². The van der Waals surface area contributed by atoms with E-state index in [4.69, 9.17) is 0 Å². The maximum Gasteiger partial charge on any atom is 0.246 e. The van der Waals surface area contributed by atoms with E-state index < -0.39 is 6.04 Å². The lowest BCUT2D eigenvalue weighted by Gasteiger charge is -2.28. The molecule has 0 bridgehead atoms. The third kappa shape index (κ3) is 5.20. The fourth-order valence-corrected chi connectivity index (χ4v) is 3.57. The number of hydrogen-bond acceptors (Lipinski definition) is 3. The lowest BCUT2D eigenvalue weighted by atomic mass is 9.95. The van der Waals surface area contributed by atoms with Crippen LogP contribution >= 0.6 is 0 Å². The Balaban J connectivity index is 1.66. The Kier molecular flexibility index (Phi) is 6.47. The van der Waals surface area contributed by atoms with Gasteiger partial charge in [-0.1, -0.05) is 50.2 Å². The van der Waals surface area contributed by atoms with Crippen LogP contribution in [0.2, 0.25) is 0 Å². The van der Waals surface area contributed by atoms with E-state index in [0.717, 1.165) is 11.3 Å². The summed E-state index contributed by atoms with van der Waals surface area (Å²) in [5, 5.41) is 9.19. The summed E-state index contributed by atoms with van der Waals surface area (Å²) in [4.78, 5) is 25.7. The lowest BCUT2D eigenvalue weighted by Crippen LogP contribution is -2.53. The van der Waals surface area contributed by atoms with Crippen molar-refractivity contribution in [2.24, 2.45) is 5.92 Å². The molecule has 3 rings (SSSR count). The van der Waals surface area contributed by atoms with Gasteiger partial charge < -0.3 is 16.0 Å². The van der Waals surface area contributed by atoms with Gasteiger partial charge in [0.15, 0.2) is 0 Å². The molecule has 148 valence electrons. The van der Waals surface area contributed by atoms with Crippen LogP contribution in [0.15, 0.2) is 48.5 Å². The van der Waals surface area contributed by atoms with E-state index in [9.17, 15) is 9.59 Å². The van der Waals surface area contributed by atoms with Gasteiger partial charge in [-0.25, -0.2) is 0 Å². The maximum atomic E-state index is 12.9. The largest absolute Gasteiger partial charge is 0.343 e. The second kappa shape index (κ2) is 9.02. The summed E-state index contributed by atoms with van der Waals surface area (Å²) < 4.78 is 0. The molecule has 5 heteroatoms. The molecule has 2 amide bonds. The molecule has 1 aliphatic heterocycles. The van der Waals surface area contributed by atoms with Crippen LogP contribution in [0, 0.1) is 12.8 Å². The first-order valence-corrected chi connectivity index (χ1v) is 9.90. The molecule has 3 N–H and O–H groups in total. The van der Waals surface area contributed by atoms with Crippen molar-refractivity contribution in [3.8, 4) is 0 Å². The highest BCUT2D eigenvalue weighted by Crippen LogP contribution is 2.17. The number of anilines is 1. The van der Waals surface area contributed by atoms with E-state index in [2.05, 4.69) is 28.1 Å². The minimum absolute atomic E-state index is 0.125. The van der Waals surface area contributed by atoms with E-state index in [1.165, 1.54) is 11.1 Å². The molecule has 0 radical (unpaired) electrons. The predicted molar refractivity (Wildman–Crippen MR) is 112 cm³/mol. The van der Waals surface area contributed by atoms with Crippen LogP contribution in [-0.2, 0) is 22.6 Å². The summed E-state index contributed by atoms with van der Waals surface area (Å²) in [5.41, 5.74) is 4.23. The van der Waals surface area contributed by atoms with E-state index in [1.807, 2.05) is 57.2 Å². The summed E-state index contributed by atoms with van der Waals surface area (Å²) in [5.74, 6) is -0.0167. The first-order chi connectivity index (χ1) is 13.4. The standard InChI is InChI=1S/C23H29N3O2/c1-15(2)11-21(23(28)25-19-10-6-7-16(3)12-19)26-22(27)20-13-17-8-4-5-9-18(17)14-24-20/h4-10,12,15,20-21,24H,11,13-14H2,1-3H3,(H,25,28)(H,26,27)/t20-,21+/m0/s1. The van der Waals surface area contributed by atoms with Crippen LogP contribution in [0.5, 0.6) is 0 Å². The van der Waals surface area contributed by atoms with Crippen molar-refractivity contribution in [3.63, 3.8) is 0 Å². The van der Waals surface area contributed by atoms with Gasteiger partial charge >= 0.3 is 0 Å². The van der Waals surface area contributed by atoms with Crippen LogP contribution in [0.25, 0.3) is 0 Å². The second-order valence-corrected chi connectivity index (χ2v) is 7.96. The van der Waals surface area contributed by atoms with E-state index in [-0.39, 0.29) is 23.8 Å². The molecule has 1 aliphatic rings. The van der Waals surface area contributed by atoms with Crippen molar-refractivity contribution in [1.82, 2.24) is 10.6 Å². The third-order valence-electron chi connectivity index (χ3n) is 5.02. The Bertz CT molecular complexity index is 847. The maximum absolute atomic E-state index is 12.9. The molecule has 2 atom stereocenters. The van der Waals surface area contributed by atoms with Crippen molar-refractivity contribution in [2.45, 2.75) is 52.2 Å². The number of hydrogen-bond donors (Lipinski definition) is 3. The number of fused-ring (bicyclic) bond motifs is 1. The van der Waals surface area contributed by atoms with Crippen molar-refractivity contribution in [1.29, 1.82) is 0 Å². The zero-order chi connectivity index (χ0) is 20.1. The van der Waals surface area contributed by atoms with Gasteiger partial charge in [-0.05, 0) is 54.5 Å². The Morgan fingerprint density at radius 3 is 2.57 bits per heavy atom. The Hall–Kier alpha value is -2.66. The summed E-state index contributed by atoms with van der Waals surface area (Å²) in [6.07, 6.45) is 1.22. The number of benzene rings is 2. The number of carbonyl (C=O) groups is 2. The first kappa shape index (κ1) is 20.1. The van der Waals surface area contributed by atoms with E-state index >= 15 is 0 Å². The fraction of sp³-hybridized carbons (Fsp3) is 0.391. The minimum atomic E-state index is -0.563. The Labute approximate surface area is 166 Å². The van der Waals surface area contributed by atoms with Gasteiger partial charge in [-0.3, -0.25) is 9.59 Å². The SMILES string of the molecule is Cc1cccc(NC(=O)[C@@H](CC(C)C)NC(=O)[C@@H]2Cc3ccccc3CN2)c1. The van der Waals surface area contributed by atoms with Crippen molar-refractivity contribution < 1.29 is 9.59 Å². The zero-order valence-electron chi connectivity index (χ0n) is 16.8. The molecule has 0 spiro atoms. The number of nitrogens with one attached hydrogen (secondary N) is 3. The van der Waals surface area contributed by atoms with Gasteiger partial charge in [0, 0.05) is 12.2 Å². The van der Waals surface area contributed by atoms with Crippen molar-refractivity contribution in [3.05, 3.63) is 65.2 Å². The quantitative estimate of drug-likeness (QED) is 0.722. The molecule has 0 fully saturated rings. The molecule has 0 aliphatic carbocycles. The normalized spacial score (nSPS) is 16.9. The number of carbonyl (C=O) groups excluding carboxylic acids is 2. The lowest BCUT2D eigenvalue weighted by molar-refractivity contribution is -0.128. The van der Waals surface area contributed by atoms with Gasteiger partial charge in [-0.2, -0.15) is 0 Å². The number of rotatable bonds is 6. The molecule has 28 heavy (non-hydrogen) atoms. The van der Waals surface area contributed by atoms with Crippen LogP contribution in [0.3, 0.4) is 0 Å². The molecular weight excluding hydrogens is 350 g/mol. The summed E-state index contributed by atoms with van der Waals surface area (Å²) >= 11 is 0. The van der Waals surface area contributed by atoms with E-state index in [0.29, 0.717) is 19.4 Å². The highest BCUT2D eigenvalue weighted by molar-refractivity contribution is 5.98. The molecule has 2 aromatic rings. The van der Waals surface area contributed by atoms with Crippen LogP contribution in [0.1, 0.15) is 37.0 Å². The zero-order valence-corrected chi connectivity index (χ0v) is 16.8. The van der Waals surface area contributed by atoms with E-state index in [1.54, 1.807) is 0 Å². The Morgan fingerprint density at radius 2 is 1.86 bits per heavy atom. The molecule has 1 heterocycles. The smallest absolute Gasteiger partial charge is 0.246 e. The number of amides is 2. The fourth-order valence-electron chi connectivity index (χ4n) is 3.57. The summed E-state index contributed by atoms with van der Waals surface area (Å²) in [6, 6.07) is 14.9. The first-order valence-electron chi connectivity index (χ1n) is 9.90. The van der Waals surface area contributed by atoms with Gasteiger partial charge in [0.1, 0.15) is 6.04 Å². The van der Waals surface area contributed by atoms with Gasteiger partial charge in [0.2, 0.25) is 11.8 Å². The van der Waals surface area contributed by atoms with Gasteiger partial charge in [0.05, 0.1) is 6.04 Å². The van der Waals surface area contributed by atoms with Gasteiger partial charge in [-0.15, -0.1) is 0 Å². The predicted octanol–water partition coefficient (Wildman–Crippen LogP) is 3.18. The topological polar surface area (TPSA) is 70.2 Å². The molecule has 0 saturated heterocycles. The second-order valence-electron chi connectivity index (χ2n) is 7.96. The minimum Gasteiger partial charge on any atom is -0.343 e. The summed E-state index contributed by atoms with van der Waals surface area (Å²) in [7, 11) is 0. The third-order valence-corrected chi connectivity index (χ3v) is 5.02. The van der Waals surface area contributed by atoms with Crippen LogP contribution in [0.4, 0.5) is 5.69 Å². The van der Waals surface area contributed by atoms with Gasteiger partial charge in [0.25, 0.3) is 0 Å². The molecule has 0 saturated carbocycles. The highest BCUT2D eigenvalue weighted by atomic mass is 16.2. The molecule has 2 aromatic carbocycles. The molecule has 0 aromatic heterocycles.